The average Bonchev–Trinajstić information content (AvgIpc) is 3.09. The second-order valence-electron chi connectivity index (χ2n) is 6.81. The molecule has 2 saturated carbocycles. The number of nitrogens with one attached hydrogen (secondary N) is 1. The van der Waals surface area contributed by atoms with Crippen LogP contribution in [0.25, 0.3) is 10.1 Å². The van der Waals surface area contributed by atoms with Gasteiger partial charge in [0.1, 0.15) is 0 Å². The van der Waals surface area contributed by atoms with Crippen molar-refractivity contribution in [3.8, 4) is 0 Å². The number of rotatable bonds is 5. The second kappa shape index (κ2) is 5.73. The van der Waals surface area contributed by atoms with Crippen molar-refractivity contribution in [1.29, 1.82) is 0 Å². The molecule has 2 aliphatic rings. The molecular formula is C19H25NS. The Morgan fingerprint density at radius 2 is 1.95 bits per heavy atom. The van der Waals surface area contributed by atoms with Crippen LogP contribution < -0.4 is 5.32 Å². The van der Waals surface area contributed by atoms with E-state index in [0.717, 1.165) is 24.3 Å². The number of hydrogen-bond donors (Lipinski definition) is 1. The summed E-state index contributed by atoms with van der Waals surface area (Å²) in [5, 5.41) is 7.79. The summed E-state index contributed by atoms with van der Waals surface area (Å²) >= 11 is 1.91. The van der Waals surface area contributed by atoms with Crippen molar-refractivity contribution >= 4 is 21.4 Å². The fraction of sp³-hybridized carbons (Fsp3) is 0.579. The predicted octanol–water partition coefficient (Wildman–Crippen LogP) is 5.38. The van der Waals surface area contributed by atoms with Gasteiger partial charge < -0.3 is 5.32 Å². The highest BCUT2D eigenvalue weighted by molar-refractivity contribution is 7.17. The molecule has 3 atom stereocenters. The molecule has 3 unspecified atom stereocenters. The van der Waals surface area contributed by atoms with Crippen molar-refractivity contribution in [2.24, 2.45) is 17.8 Å². The summed E-state index contributed by atoms with van der Waals surface area (Å²) in [5.74, 6) is 2.91. The minimum absolute atomic E-state index is 0.592. The van der Waals surface area contributed by atoms with Crippen LogP contribution >= 0.6 is 11.3 Å². The van der Waals surface area contributed by atoms with Gasteiger partial charge in [0, 0.05) is 10.7 Å². The van der Waals surface area contributed by atoms with E-state index in [9.17, 15) is 0 Å². The molecule has 2 aliphatic carbocycles. The summed E-state index contributed by atoms with van der Waals surface area (Å²) in [6, 6.07) is 9.52. The van der Waals surface area contributed by atoms with Crippen LogP contribution in [0.4, 0.5) is 0 Å². The first-order chi connectivity index (χ1) is 10.4. The minimum atomic E-state index is 0.592. The molecule has 0 bridgehead atoms. The standard InChI is InChI=1S/C19H25NS/c1-2-11-20-19(18-14-8-3-4-9-15(14)18)16-12-21-17-10-6-5-7-13(16)17/h5-7,10,12,14-15,18-20H,2-4,8-9,11H2,1H3. The number of fused-ring (bicyclic) bond motifs is 2. The third-order valence-corrected chi connectivity index (χ3v) is 6.55. The molecule has 0 radical (unpaired) electrons. The Hall–Kier alpha value is -0.860. The largest absolute Gasteiger partial charge is 0.310 e. The van der Waals surface area contributed by atoms with Crippen molar-refractivity contribution < 1.29 is 0 Å². The lowest BCUT2D eigenvalue weighted by Crippen LogP contribution is -2.24. The average molecular weight is 299 g/mol. The van der Waals surface area contributed by atoms with Gasteiger partial charge in [0.15, 0.2) is 0 Å². The van der Waals surface area contributed by atoms with Crippen LogP contribution in [0.15, 0.2) is 29.6 Å². The van der Waals surface area contributed by atoms with E-state index in [0.29, 0.717) is 6.04 Å². The fourth-order valence-electron chi connectivity index (χ4n) is 4.53. The Kier molecular flexibility index (Phi) is 3.76. The molecule has 0 spiro atoms. The highest BCUT2D eigenvalue weighted by Gasteiger charge is 2.54. The van der Waals surface area contributed by atoms with E-state index in [1.54, 1.807) is 5.56 Å². The van der Waals surface area contributed by atoms with Gasteiger partial charge in [-0.2, -0.15) is 0 Å². The number of thiophene rings is 1. The summed E-state index contributed by atoms with van der Waals surface area (Å²) in [6.45, 7) is 3.42. The first-order valence-electron chi connectivity index (χ1n) is 8.59. The molecule has 4 rings (SSSR count). The number of hydrogen-bond acceptors (Lipinski definition) is 2. The third-order valence-electron chi connectivity index (χ3n) is 5.57. The molecule has 0 aliphatic heterocycles. The summed E-state index contributed by atoms with van der Waals surface area (Å²) in [6.07, 6.45) is 7.09. The normalized spacial score (nSPS) is 29.3. The number of benzene rings is 1. The first kappa shape index (κ1) is 13.8. The van der Waals surface area contributed by atoms with Gasteiger partial charge in [0.25, 0.3) is 0 Å². The van der Waals surface area contributed by atoms with Gasteiger partial charge in [-0.1, -0.05) is 38.0 Å². The molecule has 112 valence electrons. The highest BCUT2D eigenvalue weighted by atomic mass is 32.1. The fourth-order valence-corrected chi connectivity index (χ4v) is 5.53. The van der Waals surface area contributed by atoms with E-state index in [2.05, 4.69) is 41.9 Å². The van der Waals surface area contributed by atoms with Crippen LogP contribution in [0, 0.1) is 17.8 Å². The molecule has 2 fully saturated rings. The van der Waals surface area contributed by atoms with Crippen LogP contribution in [-0.4, -0.2) is 6.54 Å². The van der Waals surface area contributed by atoms with Gasteiger partial charge in [-0.25, -0.2) is 0 Å². The molecule has 1 aromatic carbocycles. The van der Waals surface area contributed by atoms with E-state index in [1.165, 1.54) is 42.2 Å². The zero-order valence-corrected chi connectivity index (χ0v) is 13.7. The van der Waals surface area contributed by atoms with E-state index < -0.39 is 0 Å². The van der Waals surface area contributed by atoms with Crippen LogP contribution in [0.3, 0.4) is 0 Å². The van der Waals surface area contributed by atoms with Crippen LogP contribution in [0.1, 0.15) is 50.6 Å². The molecule has 0 saturated heterocycles. The van der Waals surface area contributed by atoms with Gasteiger partial charge in [0.2, 0.25) is 0 Å². The molecular weight excluding hydrogens is 274 g/mol. The van der Waals surface area contributed by atoms with Gasteiger partial charge >= 0.3 is 0 Å². The zero-order chi connectivity index (χ0) is 14.2. The van der Waals surface area contributed by atoms with E-state index in [4.69, 9.17) is 0 Å². The molecule has 0 amide bonds. The molecule has 1 nitrogen and oxygen atoms in total. The molecule has 1 heterocycles. The van der Waals surface area contributed by atoms with Crippen molar-refractivity contribution in [2.45, 2.75) is 45.1 Å². The molecule has 2 heteroatoms. The molecule has 1 N–H and O–H groups in total. The van der Waals surface area contributed by atoms with Crippen LogP contribution in [0.2, 0.25) is 0 Å². The summed E-state index contributed by atoms with van der Waals surface area (Å²) in [4.78, 5) is 0. The molecule has 1 aromatic heterocycles. The Balaban J connectivity index is 1.66. The SMILES string of the molecule is CCCNC(c1csc2ccccc12)C1C2CCCCC21. The van der Waals surface area contributed by atoms with E-state index in [-0.39, 0.29) is 0 Å². The topological polar surface area (TPSA) is 12.0 Å². The van der Waals surface area contributed by atoms with Gasteiger partial charge in [-0.05, 0) is 66.0 Å². The minimum Gasteiger partial charge on any atom is -0.310 e. The summed E-state index contributed by atoms with van der Waals surface area (Å²) < 4.78 is 1.44. The lowest BCUT2D eigenvalue weighted by molar-refractivity contribution is 0.449. The van der Waals surface area contributed by atoms with Crippen LogP contribution in [0.5, 0.6) is 0 Å². The van der Waals surface area contributed by atoms with Crippen molar-refractivity contribution in [1.82, 2.24) is 5.32 Å². The van der Waals surface area contributed by atoms with Gasteiger partial charge in [0.05, 0.1) is 0 Å². The first-order valence-corrected chi connectivity index (χ1v) is 9.47. The predicted molar refractivity (Wildman–Crippen MR) is 91.8 cm³/mol. The highest BCUT2D eigenvalue weighted by Crippen LogP contribution is 2.61. The maximum atomic E-state index is 3.89. The maximum absolute atomic E-state index is 3.89. The quantitative estimate of drug-likeness (QED) is 0.781. The van der Waals surface area contributed by atoms with Crippen molar-refractivity contribution in [2.75, 3.05) is 6.54 Å². The van der Waals surface area contributed by atoms with Crippen molar-refractivity contribution in [3.63, 3.8) is 0 Å². The van der Waals surface area contributed by atoms with E-state index >= 15 is 0 Å². The maximum Gasteiger partial charge on any atom is 0.0368 e. The Bertz CT molecular complexity index is 605. The summed E-state index contributed by atoms with van der Waals surface area (Å²) in [7, 11) is 0. The van der Waals surface area contributed by atoms with Gasteiger partial charge in [-0.15, -0.1) is 11.3 Å². The Morgan fingerprint density at radius 3 is 2.71 bits per heavy atom. The lowest BCUT2D eigenvalue weighted by atomic mass is 9.99. The van der Waals surface area contributed by atoms with E-state index in [1.807, 2.05) is 11.3 Å². The Morgan fingerprint density at radius 1 is 1.19 bits per heavy atom. The molecule has 2 aromatic rings. The summed E-state index contributed by atoms with van der Waals surface area (Å²) in [5.41, 5.74) is 1.57. The van der Waals surface area contributed by atoms with Crippen LogP contribution in [-0.2, 0) is 0 Å². The Labute approximate surface area is 131 Å². The zero-order valence-electron chi connectivity index (χ0n) is 12.8. The van der Waals surface area contributed by atoms with Gasteiger partial charge in [-0.3, -0.25) is 0 Å². The van der Waals surface area contributed by atoms with Crippen molar-refractivity contribution in [3.05, 3.63) is 35.2 Å². The molecule has 21 heavy (non-hydrogen) atoms. The third kappa shape index (κ3) is 2.43. The second-order valence-corrected chi connectivity index (χ2v) is 7.72. The monoisotopic (exact) mass is 299 g/mol. The lowest BCUT2D eigenvalue weighted by Gasteiger charge is -2.19. The smallest absolute Gasteiger partial charge is 0.0368 e.